The van der Waals surface area contributed by atoms with Gasteiger partial charge in [0.25, 0.3) is 0 Å². The Balaban J connectivity index is 2.24. The number of hydrogen-bond donors (Lipinski definition) is 2. The second-order valence-electron chi connectivity index (χ2n) is 3.69. The Morgan fingerprint density at radius 3 is 2.28 bits per heavy atom. The van der Waals surface area contributed by atoms with Gasteiger partial charge in [-0.3, -0.25) is 0 Å². The molecular formula is C13H10Br2N2S. The van der Waals surface area contributed by atoms with Crippen molar-refractivity contribution in [2.45, 2.75) is 0 Å². The number of benzene rings is 2. The second kappa shape index (κ2) is 5.82. The second-order valence-corrected chi connectivity index (χ2v) is 5.90. The van der Waals surface area contributed by atoms with Crippen molar-refractivity contribution in [1.29, 1.82) is 0 Å². The van der Waals surface area contributed by atoms with E-state index >= 15 is 0 Å². The zero-order chi connectivity index (χ0) is 13.1. The van der Waals surface area contributed by atoms with Gasteiger partial charge in [-0.25, -0.2) is 0 Å². The van der Waals surface area contributed by atoms with Crippen molar-refractivity contribution in [1.82, 2.24) is 0 Å². The van der Waals surface area contributed by atoms with E-state index in [2.05, 4.69) is 37.2 Å². The van der Waals surface area contributed by atoms with Crippen molar-refractivity contribution >= 4 is 60.4 Å². The van der Waals surface area contributed by atoms with Gasteiger partial charge in [-0.2, -0.15) is 0 Å². The summed E-state index contributed by atoms with van der Waals surface area (Å²) in [6, 6.07) is 13.7. The van der Waals surface area contributed by atoms with Crippen LogP contribution in [0.2, 0.25) is 0 Å². The smallest absolute Gasteiger partial charge is 0.104 e. The molecule has 0 heterocycles. The minimum Gasteiger partial charge on any atom is -0.389 e. The number of rotatable bonds is 3. The van der Waals surface area contributed by atoms with Crippen LogP contribution in [0.25, 0.3) is 0 Å². The topological polar surface area (TPSA) is 38.0 Å². The van der Waals surface area contributed by atoms with Gasteiger partial charge in [-0.15, -0.1) is 0 Å². The Labute approximate surface area is 128 Å². The molecule has 0 amide bonds. The molecule has 2 aromatic carbocycles. The minimum absolute atomic E-state index is 0.394. The van der Waals surface area contributed by atoms with Gasteiger partial charge in [0.2, 0.25) is 0 Å². The van der Waals surface area contributed by atoms with Crippen LogP contribution in [-0.4, -0.2) is 4.99 Å². The van der Waals surface area contributed by atoms with Gasteiger partial charge in [-0.1, -0.05) is 28.1 Å². The molecule has 92 valence electrons. The third-order valence-corrected chi connectivity index (χ3v) is 3.80. The van der Waals surface area contributed by atoms with E-state index in [1.807, 2.05) is 42.5 Å². The molecular weight excluding hydrogens is 376 g/mol. The van der Waals surface area contributed by atoms with Gasteiger partial charge in [-0.05, 0) is 58.4 Å². The molecule has 0 fully saturated rings. The highest BCUT2D eigenvalue weighted by Gasteiger charge is 2.03. The minimum atomic E-state index is 0.394. The maximum Gasteiger partial charge on any atom is 0.104 e. The van der Waals surface area contributed by atoms with Crippen LogP contribution < -0.4 is 11.1 Å². The van der Waals surface area contributed by atoms with E-state index in [9.17, 15) is 0 Å². The van der Waals surface area contributed by atoms with E-state index in [1.54, 1.807) is 0 Å². The fourth-order valence-electron chi connectivity index (χ4n) is 1.46. The van der Waals surface area contributed by atoms with E-state index in [0.29, 0.717) is 4.99 Å². The molecule has 2 rings (SSSR count). The molecule has 2 nitrogen and oxygen atoms in total. The van der Waals surface area contributed by atoms with Crippen LogP contribution in [0.3, 0.4) is 0 Å². The van der Waals surface area contributed by atoms with Gasteiger partial charge < -0.3 is 11.1 Å². The van der Waals surface area contributed by atoms with E-state index in [4.69, 9.17) is 18.0 Å². The highest BCUT2D eigenvalue weighted by atomic mass is 79.9. The van der Waals surface area contributed by atoms with Gasteiger partial charge in [0.1, 0.15) is 4.99 Å². The number of nitrogens with one attached hydrogen (secondary N) is 1. The van der Waals surface area contributed by atoms with Gasteiger partial charge in [0, 0.05) is 20.2 Å². The molecule has 0 bridgehead atoms. The van der Waals surface area contributed by atoms with Crippen LogP contribution in [0.5, 0.6) is 0 Å². The Kier molecular flexibility index (Phi) is 4.37. The first kappa shape index (κ1) is 13.5. The molecule has 0 aliphatic carbocycles. The van der Waals surface area contributed by atoms with Crippen LogP contribution in [0.1, 0.15) is 5.56 Å². The van der Waals surface area contributed by atoms with E-state index in [1.165, 1.54) is 0 Å². The van der Waals surface area contributed by atoms with E-state index < -0.39 is 0 Å². The van der Waals surface area contributed by atoms with E-state index in [0.717, 1.165) is 25.9 Å². The predicted molar refractivity (Wildman–Crippen MR) is 87.5 cm³/mol. The highest BCUT2D eigenvalue weighted by molar-refractivity contribution is 9.10. The molecule has 0 aromatic heterocycles. The number of halogens is 2. The SMILES string of the molecule is NC(=S)c1ccc(Nc2ccc(Br)cc2)c(Br)c1. The molecule has 0 spiro atoms. The molecule has 0 saturated carbocycles. The van der Waals surface area contributed by atoms with Crippen LogP contribution in [0.15, 0.2) is 51.4 Å². The molecule has 5 heteroatoms. The summed E-state index contributed by atoms with van der Waals surface area (Å²) in [5.41, 5.74) is 8.42. The summed E-state index contributed by atoms with van der Waals surface area (Å²) in [4.78, 5) is 0.394. The average Bonchev–Trinajstić information content (AvgIpc) is 2.34. The molecule has 2 aromatic rings. The summed E-state index contributed by atoms with van der Waals surface area (Å²) >= 11 is 11.8. The first-order valence-corrected chi connectivity index (χ1v) is 7.17. The molecule has 0 unspecified atom stereocenters. The van der Waals surface area contributed by atoms with Gasteiger partial charge in [0.15, 0.2) is 0 Å². The van der Waals surface area contributed by atoms with Crippen molar-refractivity contribution in [3.8, 4) is 0 Å². The summed E-state index contributed by atoms with van der Waals surface area (Å²) < 4.78 is 1.98. The van der Waals surface area contributed by atoms with Crippen LogP contribution in [-0.2, 0) is 0 Å². The Bertz CT molecular complexity index is 582. The van der Waals surface area contributed by atoms with Crippen molar-refractivity contribution < 1.29 is 0 Å². The first-order valence-electron chi connectivity index (χ1n) is 5.18. The quantitative estimate of drug-likeness (QED) is 0.759. The summed E-state index contributed by atoms with van der Waals surface area (Å²) in [6.45, 7) is 0. The normalized spacial score (nSPS) is 10.1. The summed E-state index contributed by atoms with van der Waals surface area (Å²) in [7, 11) is 0. The molecule has 0 aliphatic heterocycles. The van der Waals surface area contributed by atoms with Crippen LogP contribution >= 0.6 is 44.1 Å². The maximum atomic E-state index is 5.59. The lowest BCUT2D eigenvalue weighted by Gasteiger charge is -2.10. The van der Waals surface area contributed by atoms with Crippen molar-refractivity contribution in [2.24, 2.45) is 5.73 Å². The Morgan fingerprint density at radius 2 is 1.72 bits per heavy atom. The predicted octanol–water partition coefficient (Wildman–Crippen LogP) is 4.59. The molecule has 0 atom stereocenters. The standard InChI is InChI=1S/C13H10Br2N2S/c14-9-2-4-10(5-3-9)17-12-6-1-8(13(16)18)7-11(12)15/h1-7,17H,(H2,16,18). The summed E-state index contributed by atoms with van der Waals surface area (Å²) in [5, 5.41) is 3.31. The highest BCUT2D eigenvalue weighted by Crippen LogP contribution is 2.27. The maximum absolute atomic E-state index is 5.59. The molecule has 0 aliphatic rings. The van der Waals surface area contributed by atoms with Gasteiger partial charge in [0.05, 0.1) is 5.69 Å². The lowest BCUT2D eigenvalue weighted by Crippen LogP contribution is -2.09. The Morgan fingerprint density at radius 1 is 1.06 bits per heavy atom. The lowest BCUT2D eigenvalue weighted by molar-refractivity contribution is 1.50. The van der Waals surface area contributed by atoms with E-state index in [-0.39, 0.29) is 0 Å². The van der Waals surface area contributed by atoms with Crippen molar-refractivity contribution in [3.05, 3.63) is 57.0 Å². The third kappa shape index (κ3) is 3.31. The van der Waals surface area contributed by atoms with Crippen molar-refractivity contribution in [3.63, 3.8) is 0 Å². The van der Waals surface area contributed by atoms with Crippen LogP contribution in [0.4, 0.5) is 11.4 Å². The van der Waals surface area contributed by atoms with Gasteiger partial charge >= 0.3 is 0 Å². The molecule has 18 heavy (non-hydrogen) atoms. The lowest BCUT2D eigenvalue weighted by atomic mass is 10.2. The Hall–Kier alpha value is -0.910. The largest absolute Gasteiger partial charge is 0.389 e. The monoisotopic (exact) mass is 384 g/mol. The fraction of sp³-hybridized carbons (Fsp3) is 0. The zero-order valence-corrected chi connectivity index (χ0v) is 13.3. The number of nitrogens with two attached hydrogens (primary N) is 1. The first-order chi connectivity index (χ1) is 8.56. The number of anilines is 2. The average molecular weight is 386 g/mol. The van der Waals surface area contributed by atoms with Crippen molar-refractivity contribution in [2.75, 3.05) is 5.32 Å². The molecule has 3 N–H and O–H groups in total. The molecule has 0 radical (unpaired) electrons. The third-order valence-electron chi connectivity index (χ3n) is 2.38. The number of hydrogen-bond acceptors (Lipinski definition) is 2. The number of thiocarbonyl (C=S) groups is 1. The fourth-order valence-corrected chi connectivity index (χ4v) is 2.33. The van der Waals surface area contributed by atoms with Crippen LogP contribution in [0, 0.1) is 0 Å². The summed E-state index contributed by atoms with van der Waals surface area (Å²) in [5.74, 6) is 0. The zero-order valence-electron chi connectivity index (χ0n) is 9.28. The summed E-state index contributed by atoms with van der Waals surface area (Å²) in [6.07, 6.45) is 0. The molecule has 0 saturated heterocycles.